The highest BCUT2D eigenvalue weighted by molar-refractivity contribution is 5.76. The quantitative estimate of drug-likeness (QED) is 0.864. The van der Waals surface area contributed by atoms with E-state index in [0.717, 1.165) is 45.7 Å². The van der Waals surface area contributed by atoms with Crippen LogP contribution in [0.5, 0.6) is 0 Å². The van der Waals surface area contributed by atoms with Crippen LogP contribution in [-0.4, -0.2) is 66.2 Å². The van der Waals surface area contributed by atoms with Crippen LogP contribution in [-0.2, 0) is 11.3 Å². The van der Waals surface area contributed by atoms with Crippen LogP contribution >= 0.6 is 0 Å². The average Bonchev–Trinajstić information content (AvgIpc) is 2.83. The van der Waals surface area contributed by atoms with Crippen molar-refractivity contribution in [2.45, 2.75) is 32.4 Å². The lowest BCUT2D eigenvalue weighted by atomic mass is 10.0. The van der Waals surface area contributed by atoms with Crippen molar-refractivity contribution in [1.29, 1.82) is 0 Å². The molecule has 2 fully saturated rings. The fourth-order valence-electron chi connectivity index (χ4n) is 3.69. The Bertz CT molecular complexity index is 563. The summed E-state index contributed by atoms with van der Waals surface area (Å²) in [7, 11) is 0. The van der Waals surface area contributed by atoms with Crippen molar-refractivity contribution < 1.29 is 9.90 Å². The second-order valence-corrected chi connectivity index (χ2v) is 7.13. The first-order chi connectivity index (χ1) is 11.6. The summed E-state index contributed by atoms with van der Waals surface area (Å²) < 4.78 is 0. The predicted octanol–water partition coefficient (Wildman–Crippen LogP) is 1.000. The molecule has 0 spiro atoms. The normalized spacial score (nSPS) is 25.7. The van der Waals surface area contributed by atoms with Crippen LogP contribution in [0.4, 0.5) is 0 Å². The summed E-state index contributed by atoms with van der Waals surface area (Å²) in [5.41, 5.74) is 2.70. The van der Waals surface area contributed by atoms with Gasteiger partial charge in [-0.25, -0.2) is 0 Å². The maximum Gasteiger partial charge on any atom is 0.223 e. The van der Waals surface area contributed by atoms with Crippen molar-refractivity contribution in [3.05, 3.63) is 35.4 Å². The molecular weight excluding hydrogens is 302 g/mol. The van der Waals surface area contributed by atoms with Crippen LogP contribution in [0.3, 0.4) is 0 Å². The van der Waals surface area contributed by atoms with Crippen LogP contribution in [0, 0.1) is 12.8 Å². The van der Waals surface area contributed by atoms with Crippen LogP contribution < -0.4 is 5.32 Å². The molecule has 2 N–H and O–H groups in total. The third-order valence-electron chi connectivity index (χ3n) is 5.34. The largest absolute Gasteiger partial charge is 0.391 e. The van der Waals surface area contributed by atoms with Crippen molar-refractivity contribution in [2.24, 2.45) is 5.92 Å². The van der Waals surface area contributed by atoms with E-state index in [0.29, 0.717) is 13.0 Å². The summed E-state index contributed by atoms with van der Waals surface area (Å²) in [6.45, 7) is 8.06. The Morgan fingerprint density at radius 1 is 1.21 bits per heavy atom. The number of amides is 1. The number of aryl methyl sites for hydroxylation is 1. The minimum atomic E-state index is -0.376. The number of β-amino-alcohol motifs (C(OH)–C–C–N with tert-alkyl or cyclic N) is 1. The summed E-state index contributed by atoms with van der Waals surface area (Å²) in [5.74, 6) is 0.268. The second kappa shape index (κ2) is 8.10. The van der Waals surface area contributed by atoms with Gasteiger partial charge in [0.2, 0.25) is 5.91 Å². The Hall–Kier alpha value is -1.43. The van der Waals surface area contributed by atoms with Gasteiger partial charge in [-0.2, -0.15) is 0 Å². The van der Waals surface area contributed by atoms with E-state index in [1.807, 2.05) is 4.90 Å². The molecule has 0 radical (unpaired) electrons. The Morgan fingerprint density at radius 3 is 2.79 bits per heavy atom. The zero-order chi connectivity index (χ0) is 16.9. The van der Waals surface area contributed by atoms with Crippen LogP contribution in [0.15, 0.2) is 24.3 Å². The highest BCUT2D eigenvalue weighted by Crippen LogP contribution is 2.17. The summed E-state index contributed by atoms with van der Waals surface area (Å²) in [5, 5.41) is 13.0. The van der Waals surface area contributed by atoms with Gasteiger partial charge in [0.15, 0.2) is 0 Å². The molecule has 5 heteroatoms. The molecule has 5 nitrogen and oxygen atoms in total. The maximum atomic E-state index is 12.5. The number of aliphatic hydroxyl groups is 1. The standard InChI is InChI=1S/C19H29N3O2/c1-15-5-2-3-6-16(15)14-21-7-4-8-22(10-9-21)19(24)11-17-12-20-13-18(17)23/h2-3,5-6,17-18,20,23H,4,7-14H2,1H3/t17-,18-/m1/s1. The predicted molar refractivity (Wildman–Crippen MR) is 94.6 cm³/mol. The molecule has 3 rings (SSSR count). The molecule has 2 atom stereocenters. The number of nitrogens with one attached hydrogen (secondary N) is 1. The fraction of sp³-hybridized carbons (Fsp3) is 0.632. The van der Waals surface area contributed by atoms with E-state index in [9.17, 15) is 9.90 Å². The van der Waals surface area contributed by atoms with E-state index in [4.69, 9.17) is 0 Å². The first-order valence-electron chi connectivity index (χ1n) is 9.07. The summed E-state index contributed by atoms with van der Waals surface area (Å²) in [6.07, 6.45) is 1.10. The summed E-state index contributed by atoms with van der Waals surface area (Å²) in [6, 6.07) is 8.52. The molecular formula is C19H29N3O2. The zero-order valence-corrected chi connectivity index (χ0v) is 14.6. The van der Waals surface area contributed by atoms with Gasteiger partial charge in [0.1, 0.15) is 0 Å². The van der Waals surface area contributed by atoms with Crippen molar-refractivity contribution >= 4 is 5.91 Å². The van der Waals surface area contributed by atoms with E-state index in [2.05, 4.69) is 41.4 Å². The van der Waals surface area contributed by atoms with Gasteiger partial charge in [0.05, 0.1) is 6.10 Å². The fourth-order valence-corrected chi connectivity index (χ4v) is 3.69. The molecule has 2 aliphatic heterocycles. The molecule has 0 aliphatic carbocycles. The van der Waals surface area contributed by atoms with E-state index < -0.39 is 0 Å². The third kappa shape index (κ3) is 4.35. The molecule has 132 valence electrons. The van der Waals surface area contributed by atoms with Gasteiger partial charge < -0.3 is 15.3 Å². The Kier molecular flexibility index (Phi) is 5.87. The summed E-state index contributed by atoms with van der Waals surface area (Å²) >= 11 is 0. The minimum Gasteiger partial charge on any atom is -0.391 e. The van der Waals surface area contributed by atoms with Gasteiger partial charge in [-0.3, -0.25) is 9.69 Å². The van der Waals surface area contributed by atoms with Crippen LogP contribution in [0.2, 0.25) is 0 Å². The smallest absolute Gasteiger partial charge is 0.223 e. The van der Waals surface area contributed by atoms with Crippen LogP contribution in [0.25, 0.3) is 0 Å². The van der Waals surface area contributed by atoms with Gasteiger partial charge >= 0.3 is 0 Å². The molecule has 1 amide bonds. The van der Waals surface area contributed by atoms with Crippen molar-refractivity contribution in [1.82, 2.24) is 15.1 Å². The molecule has 2 saturated heterocycles. The number of hydrogen-bond donors (Lipinski definition) is 2. The zero-order valence-electron chi connectivity index (χ0n) is 14.6. The highest BCUT2D eigenvalue weighted by Gasteiger charge is 2.29. The number of carbonyl (C=O) groups excluding carboxylic acids is 1. The SMILES string of the molecule is Cc1ccccc1CN1CCCN(C(=O)C[C@@H]2CNC[C@H]2O)CC1. The number of benzene rings is 1. The van der Waals surface area contributed by atoms with Crippen molar-refractivity contribution in [3.8, 4) is 0 Å². The third-order valence-corrected chi connectivity index (χ3v) is 5.34. The lowest BCUT2D eigenvalue weighted by Gasteiger charge is -2.24. The first-order valence-corrected chi connectivity index (χ1v) is 9.07. The molecule has 0 saturated carbocycles. The second-order valence-electron chi connectivity index (χ2n) is 7.13. The van der Waals surface area contributed by atoms with E-state index in [1.165, 1.54) is 11.1 Å². The van der Waals surface area contributed by atoms with Crippen LogP contribution in [0.1, 0.15) is 24.0 Å². The Labute approximate surface area is 144 Å². The number of carbonyl (C=O) groups is 1. The van der Waals surface area contributed by atoms with Gasteiger partial charge in [0.25, 0.3) is 0 Å². The monoisotopic (exact) mass is 331 g/mol. The lowest BCUT2D eigenvalue weighted by Crippen LogP contribution is -2.37. The molecule has 2 aliphatic rings. The number of aliphatic hydroxyl groups excluding tert-OH is 1. The maximum absolute atomic E-state index is 12.5. The van der Waals surface area contributed by atoms with Gasteiger partial charge in [0, 0.05) is 58.2 Å². The summed E-state index contributed by atoms with van der Waals surface area (Å²) in [4.78, 5) is 17.0. The molecule has 0 unspecified atom stereocenters. The molecule has 0 bridgehead atoms. The van der Waals surface area contributed by atoms with Crippen molar-refractivity contribution in [2.75, 3.05) is 39.3 Å². The van der Waals surface area contributed by atoms with Gasteiger partial charge in [-0.15, -0.1) is 0 Å². The highest BCUT2D eigenvalue weighted by atomic mass is 16.3. The van der Waals surface area contributed by atoms with E-state index in [1.54, 1.807) is 0 Å². The number of nitrogens with zero attached hydrogens (tertiary/aromatic N) is 2. The van der Waals surface area contributed by atoms with Crippen molar-refractivity contribution in [3.63, 3.8) is 0 Å². The lowest BCUT2D eigenvalue weighted by molar-refractivity contribution is -0.132. The molecule has 0 aromatic heterocycles. The molecule has 1 aromatic rings. The first kappa shape index (κ1) is 17.4. The molecule has 1 aromatic carbocycles. The topological polar surface area (TPSA) is 55.8 Å². The molecule has 24 heavy (non-hydrogen) atoms. The Morgan fingerprint density at radius 2 is 2.04 bits per heavy atom. The van der Waals surface area contributed by atoms with E-state index >= 15 is 0 Å². The van der Waals surface area contributed by atoms with E-state index in [-0.39, 0.29) is 17.9 Å². The van der Waals surface area contributed by atoms with Gasteiger partial charge in [-0.05, 0) is 24.5 Å². The van der Waals surface area contributed by atoms with Gasteiger partial charge in [-0.1, -0.05) is 24.3 Å². The molecule has 2 heterocycles. The number of rotatable bonds is 4. The average molecular weight is 331 g/mol. The Balaban J connectivity index is 1.51. The minimum absolute atomic E-state index is 0.0730. The number of hydrogen-bond acceptors (Lipinski definition) is 4.